The summed E-state index contributed by atoms with van der Waals surface area (Å²) in [5, 5.41) is 10.4. The number of benzene rings is 3. The van der Waals surface area contributed by atoms with Gasteiger partial charge in [0.25, 0.3) is 11.8 Å². The van der Waals surface area contributed by atoms with Crippen molar-refractivity contribution in [3.8, 4) is 5.75 Å². The van der Waals surface area contributed by atoms with Gasteiger partial charge in [-0.15, -0.1) is 11.3 Å². The number of fused-ring (bicyclic) bond motifs is 1. The van der Waals surface area contributed by atoms with Crippen molar-refractivity contribution in [1.82, 2.24) is 15.6 Å². The van der Waals surface area contributed by atoms with Gasteiger partial charge in [-0.25, -0.2) is 9.37 Å². The summed E-state index contributed by atoms with van der Waals surface area (Å²) in [6.45, 7) is 0.0754. The van der Waals surface area contributed by atoms with E-state index in [1.165, 1.54) is 17.4 Å². The minimum absolute atomic E-state index is 0.0754. The summed E-state index contributed by atoms with van der Waals surface area (Å²) < 4.78 is 19.3. The highest BCUT2D eigenvalue weighted by molar-refractivity contribution is 7.09. The van der Waals surface area contributed by atoms with Crippen LogP contribution >= 0.6 is 11.3 Å². The Balaban J connectivity index is 1.22. The number of carbonyl (C=O) groups is 2. The Hall–Kier alpha value is -3.78. The highest BCUT2D eigenvalue weighted by Gasteiger charge is 2.29. The van der Waals surface area contributed by atoms with Gasteiger partial charge in [-0.3, -0.25) is 9.59 Å². The number of para-hydroxylation sites is 1. The normalized spacial score (nSPS) is 17.5. The molecule has 2 amide bonds. The largest absolute Gasteiger partial charge is 0.483 e. The van der Waals surface area contributed by atoms with E-state index in [9.17, 15) is 14.0 Å². The first-order valence-corrected chi connectivity index (χ1v) is 12.9. The first kappa shape index (κ1) is 23.9. The van der Waals surface area contributed by atoms with Crippen LogP contribution in [-0.2, 0) is 6.61 Å². The van der Waals surface area contributed by atoms with Crippen LogP contribution in [0.1, 0.15) is 51.5 Å². The summed E-state index contributed by atoms with van der Waals surface area (Å²) in [6.07, 6.45) is 3.53. The lowest BCUT2D eigenvalue weighted by molar-refractivity contribution is 0.0861. The van der Waals surface area contributed by atoms with E-state index in [1.807, 2.05) is 42.5 Å². The molecule has 0 spiro atoms. The number of carbonyl (C=O) groups excluding carboxylic acids is 2. The Bertz CT molecular complexity index is 1380. The lowest BCUT2D eigenvalue weighted by Gasteiger charge is -2.32. The molecule has 2 N–H and O–H groups in total. The van der Waals surface area contributed by atoms with Crippen molar-refractivity contribution in [2.45, 2.75) is 44.4 Å². The van der Waals surface area contributed by atoms with Crippen molar-refractivity contribution < 1.29 is 18.7 Å². The third kappa shape index (κ3) is 5.39. The number of halogens is 1. The molecule has 0 bridgehead atoms. The zero-order valence-electron chi connectivity index (χ0n) is 19.6. The number of aromatic nitrogens is 1. The predicted molar refractivity (Wildman–Crippen MR) is 138 cm³/mol. The first-order valence-electron chi connectivity index (χ1n) is 12.0. The molecule has 1 fully saturated rings. The number of thiazole rings is 1. The van der Waals surface area contributed by atoms with Gasteiger partial charge in [-0.2, -0.15) is 0 Å². The van der Waals surface area contributed by atoms with Gasteiger partial charge >= 0.3 is 0 Å². The molecule has 1 aliphatic carbocycles. The van der Waals surface area contributed by atoms with Gasteiger partial charge in [0.05, 0.1) is 0 Å². The fourth-order valence-corrected chi connectivity index (χ4v) is 5.26. The molecule has 5 rings (SSSR count). The van der Waals surface area contributed by atoms with Crippen LogP contribution in [0, 0.1) is 5.82 Å². The molecule has 3 aromatic carbocycles. The molecule has 8 heteroatoms. The van der Waals surface area contributed by atoms with Crippen molar-refractivity contribution in [3.63, 3.8) is 0 Å². The molecule has 2 unspecified atom stereocenters. The van der Waals surface area contributed by atoms with Crippen LogP contribution in [0.3, 0.4) is 0 Å². The smallest absolute Gasteiger partial charge is 0.271 e. The summed E-state index contributed by atoms with van der Waals surface area (Å²) in [7, 11) is 0. The van der Waals surface area contributed by atoms with Crippen molar-refractivity contribution in [1.29, 1.82) is 0 Å². The van der Waals surface area contributed by atoms with Crippen LogP contribution in [0.15, 0.2) is 72.1 Å². The second-order valence-corrected chi connectivity index (χ2v) is 9.76. The first-order chi connectivity index (χ1) is 17.6. The Kier molecular flexibility index (Phi) is 7.23. The van der Waals surface area contributed by atoms with E-state index in [4.69, 9.17) is 4.74 Å². The van der Waals surface area contributed by atoms with Crippen LogP contribution in [0.25, 0.3) is 10.8 Å². The van der Waals surface area contributed by atoms with Gasteiger partial charge in [0.2, 0.25) is 0 Å². The molecule has 184 valence electrons. The average Bonchev–Trinajstić information content (AvgIpc) is 3.38. The predicted octanol–water partition coefficient (Wildman–Crippen LogP) is 5.49. The summed E-state index contributed by atoms with van der Waals surface area (Å²) in [4.78, 5) is 30.5. The SMILES string of the molecule is O=C(NC1CCCCC1NC(=O)c1cccc2ccccc12)c1csc(COc2ccccc2F)n1. The summed E-state index contributed by atoms with van der Waals surface area (Å²) >= 11 is 1.29. The monoisotopic (exact) mass is 503 g/mol. The van der Waals surface area contributed by atoms with E-state index in [0.29, 0.717) is 10.6 Å². The van der Waals surface area contributed by atoms with Crippen LogP contribution in [-0.4, -0.2) is 28.9 Å². The third-order valence-corrected chi connectivity index (χ3v) is 7.23. The maximum absolute atomic E-state index is 13.8. The Morgan fingerprint density at radius 2 is 1.61 bits per heavy atom. The molecule has 1 saturated carbocycles. The average molecular weight is 504 g/mol. The van der Waals surface area contributed by atoms with E-state index in [1.54, 1.807) is 23.6 Å². The maximum Gasteiger partial charge on any atom is 0.271 e. The zero-order valence-corrected chi connectivity index (χ0v) is 20.4. The molecule has 6 nitrogen and oxygen atoms in total. The molecule has 1 aliphatic rings. The zero-order chi connectivity index (χ0) is 24.9. The number of ether oxygens (including phenoxy) is 1. The Labute approximate surface area is 212 Å². The van der Waals surface area contributed by atoms with Gasteiger partial charge < -0.3 is 15.4 Å². The Morgan fingerprint density at radius 3 is 2.42 bits per heavy atom. The molecule has 1 heterocycles. The maximum atomic E-state index is 13.8. The molecule has 1 aromatic heterocycles. The number of hydrogen-bond donors (Lipinski definition) is 2. The quantitative estimate of drug-likeness (QED) is 0.350. The lowest BCUT2D eigenvalue weighted by atomic mass is 9.89. The van der Waals surface area contributed by atoms with E-state index in [0.717, 1.165) is 36.5 Å². The molecular formula is C28H26FN3O3S. The van der Waals surface area contributed by atoms with E-state index in [2.05, 4.69) is 15.6 Å². The van der Waals surface area contributed by atoms with Gasteiger partial charge in [0, 0.05) is 23.0 Å². The standard InChI is InChI=1S/C28H26FN3O3S/c29-21-12-3-6-15-25(21)35-16-26-30-24(17-36-26)28(34)32-23-14-5-4-13-22(23)31-27(33)20-11-7-9-18-8-1-2-10-19(18)20/h1-3,6-12,15,17,22-23H,4-5,13-14,16H2,(H,31,33)(H,32,34). The Morgan fingerprint density at radius 1 is 0.917 bits per heavy atom. The van der Waals surface area contributed by atoms with Gasteiger partial charge in [0.15, 0.2) is 11.6 Å². The van der Waals surface area contributed by atoms with Crippen molar-refractivity contribution in [3.05, 3.63) is 94.2 Å². The number of nitrogens with one attached hydrogen (secondary N) is 2. The van der Waals surface area contributed by atoms with Crippen molar-refractivity contribution >= 4 is 33.9 Å². The van der Waals surface area contributed by atoms with E-state index < -0.39 is 5.82 Å². The van der Waals surface area contributed by atoms with Crippen LogP contribution in [0.5, 0.6) is 5.75 Å². The molecule has 0 radical (unpaired) electrons. The van der Waals surface area contributed by atoms with Crippen LogP contribution < -0.4 is 15.4 Å². The third-order valence-electron chi connectivity index (χ3n) is 6.41. The van der Waals surface area contributed by atoms with Gasteiger partial charge in [-0.1, -0.05) is 61.4 Å². The summed E-state index contributed by atoms with van der Waals surface area (Å²) in [6, 6.07) is 19.3. The van der Waals surface area contributed by atoms with Crippen LogP contribution in [0.2, 0.25) is 0 Å². The highest BCUT2D eigenvalue weighted by atomic mass is 32.1. The van der Waals surface area contributed by atoms with E-state index in [-0.39, 0.29) is 41.9 Å². The minimum Gasteiger partial charge on any atom is -0.483 e. The fraction of sp³-hybridized carbons (Fsp3) is 0.250. The summed E-state index contributed by atoms with van der Waals surface area (Å²) in [5.41, 5.74) is 0.916. The van der Waals surface area contributed by atoms with Crippen molar-refractivity contribution in [2.24, 2.45) is 0 Å². The molecule has 0 aliphatic heterocycles. The van der Waals surface area contributed by atoms with E-state index >= 15 is 0 Å². The number of nitrogens with zero attached hydrogens (tertiary/aromatic N) is 1. The molecule has 36 heavy (non-hydrogen) atoms. The van der Waals surface area contributed by atoms with Crippen LogP contribution in [0.4, 0.5) is 4.39 Å². The van der Waals surface area contributed by atoms with Gasteiger partial charge in [0.1, 0.15) is 17.3 Å². The van der Waals surface area contributed by atoms with Gasteiger partial charge in [-0.05, 0) is 41.8 Å². The molecule has 0 saturated heterocycles. The topological polar surface area (TPSA) is 80.3 Å². The molecule has 2 atom stereocenters. The van der Waals surface area contributed by atoms with Crippen molar-refractivity contribution in [2.75, 3.05) is 0 Å². The number of amides is 2. The number of hydrogen-bond acceptors (Lipinski definition) is 5. The second kappa shape index (κ2) is 10.9. The second-order valence-electron chi connectivity index (χ2n) is 8.82. The fourth-order valence-electron chi connectivity index (χ4n) is 4.57. The number of rotatable bonds is 7. The lowest BCUT2D eigenvalue weighted by Crippen LogP contribution is -2.53. The minimum atomic E-state index is -0.444. The highest BCUT2D eigenvalue weighted by Crippen LogP contribution is 2.23. The molecule has 4 aromatic rings. The summed E-state index contributed by atoms with van der Waals surface area (Å²) in [5.74, 6) is -0.731. The molecular weight excluding hydrogens is 477 g/mol.